The van der Waals surface area contributed by atoms with E-state index in [0.717, 1.165) is 27.3 Å². The first-order chi connectivity index (χ1) is 12.0. The maximum absolute atomic E-state index is 13.0. The van der Waals surface area contributed by atoms with Crippen LogP contribution in [0.4, 0.5) is 5.69 Å². The van der Waals surface area contributed by atoms with Gasteiger partial charge in [-0.3, -0.25) is 9.36 Å². The van der Waals surface area contributed by atoms with Crippen molar-refractivity contribution in [2.45, 2.75) is 6.92 Å². The molecule has 5 nitrogen and oxygen atoms in total. The van der Waals surface area contributed by atoms with Gasteiger partial charge in [0.25, 0.3) is 5.56 Å². The Hall–Kier alpha value is -2.67. The predicted octanol–water partition coefficient (Wildman–Crippen LogP) is 2.16. The zero-order valence-corrected chi connectivity index (χ0v) is 15.0. The molecule has 0 bridgehead atoms. The molecule has 7 heteroatoms. The lowest BCUT2D eigenvalue weighted by Gasteiger charge is -2.14. The molecule has 2 radical (unpaired) electrons. The lowest BCUT2D eigenvalue weighted by molar-refractivity contribution is 0.968. The number of rotatable bonds is 2. The standard InChI is InChI=1S/C18H15BN4OS/c1-10-8-13(22(2)3)14-15-16(25-17(14)21-10)18(24)23(9-20-15)12-6-4-11(19)5-7-12/h4-9H,1-3H3. The topological polar surface area (TPSA) is 51.0 Å². The summed E-state index contributed by atoms with van der Waals surface area (Å²) in [6.07, 6.45) is 1.57. The fourth-order valence-corrected chi connectivity index (χ4v) is 4.02. The summed E-state index contributed by atoms with van der Waals surface area (Å²) in [7, 11) is 9.69. The van der Waals surface area contributed by atoms with Gasteiger partial charge in [-0.25, -0.2) is 9.97 Å². The molecular weight excluding hydrogens is 331 g/mol. The number of hydrogen-bond acceptors (Lipinski definition) is 5. The quantitative estimate of drug-likeness (QED) is 0.522. The van der Waals surface area contributed by atoms with Crippen molar-refractivity contribution < 1.29 is 0 Å². The number of aryl methyl sites for hydroxylation is 1. The van der Waals surface area contributed by atoms with Gasteiger partial charge in [-0.05, 0) is 25.1 Å². The number of benzene rings is 1. The first kappa shape index (κ1) is 15.8. The highest BCUT2D eigenvalue weighted by Crippen LogP contribution is 2.36. The number of hydrogen-bond donors (Lipinski definition) is 0. The number of nitrogens with zero attached hydrogens (tertiary/aromatic N) is 4. The highest BCUT2D eigenvalue weighted by Gasteiger charge is 2.17. The molecule has 0 saturated heterocycles. The third-order valence-corrected chi connectivity index (χ3v) is 5.17. The zero-order valence-electron chi connectivity index (χ0n) is 14.1. The second-order valence-electron chi connectivity index (χ2n) is 6.15. The van der Waals surface area contributed by atoms with Gasteiger partial charge < -0.3 is 4.90 Å². The van der Waals surface area contributed by atoms with Gasteiger partial charge in [-0.1, -0.05) is 17.6 Å². The average molecular weight is 346 g/mol. The maximum atomic E-state index is 13.0. The predicted molar refractivity (Wildman–Crippen MR) is 105 cm³/mol. The molecule has 0 aliphatic carbocycles. The largest absolute Gasteiger partial charge is 0.377 e. The van der Waals surface area contributed by atoms with Crippen molar-refractivity contribution in [2.24, 2.45) is 0 Å². The van der Waals surface area contributed by atoms with Crippen LogP contribution in [0.15, 0.2) is 41.5 Å². The molecule has 0 N–H and O–H groups in total. The summed E-state index contributed by atoms with van der Waals surface area (Å²) in [5.41, 5.74) is 3.94. The smallest absolute Gasteiger partial charge is 0.275 e. The van der Waals surface area contributed by atoms with Crippen molar-refractivity contribution in [3.8, 4) is 5.69 Å². The molecule has 0 spiro atoms. The molecule has 1 aromatic carbocycles. The minimum Gasteiger partial charge on any atom is -0.377 e. The van der Waals surface area contributed by atoms with Crippen LogP contribution in [0.2, 0.25) is 0 Å². The first-order valence-corrected chi connectivity index (χ1v) is 8.62. The van der Waals surface area contributed by atoms with E-state index in [2.05, 4.69) is 9.97 Å². The fourth-order valence-electron chi connectivity index (χ4n) is 2.90. The summed E-state index contributed by atoms with van der Waals surface area (Å²) in [5, 5.41) is 0.928. The van der Waals surface area contributed by atoms with Gasteiger partial charge in [0.05, 0.1) is 16.8 Å². The Balaban J connectivity index is 2.05. The van der Waals surface area contributed by atoms with E-state index in [0.29, 0.717) is 15.7 Å². The third-order valence-electron chi connectivity index (χ3n) is 4.11. The second kappa shape index (κ2) is 5.70. The van der Waals surface area contributed by atoms with Crippen molar-refractivity contribution in [3.63, 3.8) is 0 Å². The van der Waals surface area contributed by atoms with Crippen molar-refractivity contribution >= 4 is 50.8 Å². The van der Waals surface area contributed by atoms with Crippen LogP contribution in [-0.4, -0.2) is 36.5 Å². The maximum Gasteiger partial charge on any atom is 0.275 e. The van der Waals surface area contributed by atoms with Gasteiger partial charge in [0.15, 0.2) is 0 Å². The van der Waals surface area contributed by atoms with Gasteiger partial charge >= 0.3 is 0 Å². The normalized spacial score (nSPS) is 11.3. The van der Waals surface area contributed by atoms with Crippen molar-refractivity contribution in [2.75, 3.05) is 19.0 Å². The molecule has 0 unspecified atom stereocenters. The molecule has 0 fully saturated rings. The van der Waals surface area contributed by atoms with Crippen molar-refractivity contribution in [1.29, 1.82) is 0 Å². The minimum atomic E-state index is -0.0971. The molecule has 4 rings (SSSR count). The second-order valence-corrected chi connectivity index (χ2v) is 7.15. The number of aromatic nitrogens is 3. The Morgan fingerprint density at radius 2 is 1.92 bits per heavy atom. The summed E-state index contributed by atoms with van der Waals surface area (Å²) in [6, 6.07) is 9.18. The summed E-state index contributed by atoms with van der Waals surface area (Å²) >= 11 is 1.39. The van der Waals surface area contributed by atoms with E-state index in [-0.39, 0.29) is 5.56 Å². The molecule has 3 heterocycles. The molecule has 25 heavy (non-hydrogen) atoms. The van der Waals surface area contributed by atoms with Gasteiger partial charge in [-0.15, -0.1) is 11.3 Å². The number of anilines is 1. The Kier molecular flexibility index (Phi) is 3.61. The van der Waals surface area contributed by atoms with E-state index < -0.39 is 0 Å². The first-order valence-electron chi connectivity index (χ1n) is 7.80. The molecule has 4 aromatic rings. The minimum absolute atomic E-state index is 0.0971. The lowest BCUT2D eigenvalue weighted by atomic mass is 9.96. The van der Waals surface area contributed by atoms with E-state index in [4.69, 9.17) is 7.85 Å². The van der Waals surface area contributed by atoms with E-state index in [1.54, 1.807) is 23.0 Å². The van der Waals surface area contributed by atoms with Crippen LogP contribution in [0.1, 0.15) is 5.69 Å². The Morgan fingerprint density at radius 3 is 2.60 bits per heavy atom. The van der Waals surface area contributed by atoms with Crippen LogP contribution in [-0.2, 0) is 0 Å². The van der Waals surface area contributed by atoms with Crippen LogP contribution in [0, 0.1) is 6.92 Å². The Bertz CT molecular complexity index is 1160. The molecule has 0 amide bonds. The summed E-state index contributed by atoms with van der Waals surface area (Å²) < 4.78 is 2.15. The van der Waals surface area contributed by atoms with Crippen LogP contribution in [0.5, 0.6) is 0 Å². The molecule has 122 valence electrons. The van der Waals surface area contributed by atoms with Crippen molar-refractivity contribution in [3.05, 3.63) is 52.7 Å². The molecular formula is C18H15BN4OS. The summed E-state index contributed by atoms with van der Waals surface area (Å²) in [4.78, 5) is 25.0. The Labute approximate surface area is 150 Å². The summed E-state index contributed by atoms with van der Waals surface area (Å²) in [5.74, 6) is 0. The number of pyridine rings is 1. The van der Waals surface area contributed by atoms with Gasteiger partial charge in [0.2, 0.25) is 0 Å². The monoisotopic (exact) mass is 346 g/mol. The van der Waals surface area contributed by atoms with E-state index in [9.17, 15) is 4.79 Å². The highest BCUT2D eigenvalue weighted by atomic mass is 32.1. The van der Waals surface area contributed by atoms with Crippen LogP contribution >= 0.6 is 11.3 Å². The molecule has 0 saturated carbocycles. The van der Waals surface area contributed by atoms with Gasteiger partial charge in [-0.2, -0.15) is 0 Å². The van der Waals surface area contributed by atoms with E-state index in [1.807, 2.05) is 44.1 Å². The lowest BCUT2D eigenvalue weighted by Crippen LogP contribution is -2.18. The van der Waals surface area contributed by atoms with Gasteiger partial charge in [0.1, 0.15) is 29.2 Å². The summed E-state index contributed by atoms with van der Waals surface area (Å²) in [6.45, 7) is 1.96. The number of thiophene rings is 1. The Morgan fingerprint density at radius 1 is 1.20 bits per heavy atom. The van der Waals surface area contributed by atoms with Crippen molar-refractivity contribution in [1.82, 2.24) is 14.5 Å². The molecule has 0 aliphatic rings. The highest BCUT2D eigenvalue weighted by molar-refractivity contribution is 7.25. The van der Waals surface area contributed by atoms with Crippen LogP contribution in [0.3, 0.4) is 0 Å². The van der Waals surface area contributed by atoms with Crippen LogP contribution in [0.25, 0.3) is 26.1 Å². The molecule has 0 aliphatic heterocycles. The average Bonchev–Trinajstić information content (AvgIpc) is 2.94. The third kappa shape index (κ3) is 2.51. The van der Waals surface area contributed by atoms with Crippen LogP contribution < -0.4 is 15.9 Å². The van der Waals surface area contributed by atoms with E-state index >= 15 is 0 Å². The van der Waals surface area contributed by atoms with Gasteiger partial charge in [0, 0.05) is 19.8 Å². The SMILES string of the molecule is [B]c1ccc(-n2cnc3c(sc4nc(C)cc(N(C)C)c43)c2=O)cc1. The van der Waals surface area contributed by atoms with E-state index in [1.165, 1.54) is 11.3 Å². The molecule has 0 atom stereocenters. The fraction of sp³-hybridized carbons (Fsp3) is 0.167. The number of fused-ring (bicyclic) bond motifs is 3. The molecule has 3 aromatic heterocycles. The zero-order chi connectivity index (χ0) is 17.7.